The number of nitrogens with zero attached hydrogens (tertiary/aromatic N) is 2. The average Bonchev–Trinajstić information content (AvgIpc) is 3.11. The summed E-state index contributed by atoms with van der Waals surface area (Å²) in [7, 11) is 0. The van der Waals surface area contributed by atoms with Gasteiger partial charge in [-0.25, -0.2) is 4.98 Å². The summed E-state index contributed by atoms with van der Waals surface area (Å²) in [4.78, 5) is 19.2. The largest absolute Gasteiger partial charge is 0.348 e. The molecule has 1 fully saturated rings. The lowest BCUT2D eigenvalue weighted by Crippen LogP contribution is -2.45. The second-order valence-electron chi connectivity index (χ2n) is 6.49. The van der Waals surface area contributed by atoms with E-state index in [0.717, 1.165) is 50.3 Å². The van der Waals surface area contributed by atoms with Gasteiger partial charge < -0.3 is 16.0 Å². The first-order chi connectivity index (χ1) is 12.2. The van der Waals surface area contributed by atoms with Gasteiger partial charge in [0.25, 0.3) is 5.91 Å². The van der Waals surface area contributed by atoms with Gasteiger partial charge in [0, 0.05) is 37.5 Å². The zero-order chi connectivity index (χ0) is 17.5. The van der Waals surface area contributed by atoms with Crippen LogP contribution >= 0.6 is 36.2 Å². The topological polar surface area (TPSA) is 71.2 Å². The number of hydrogen-bond donors (Lipinski definition) is 2. The van der Waals surface area contributed by atoms with Crippen LogP contribution in [-0.2, 0) is 12.8 Å². The molecule has 3 N–H and O–H groups in total. The Hall–Kier alpha value is -1.18. The minimum absolute atomic E-state index is 0. The number of rotatable bonds is 7. The first kappa shape index (κ1) is 23.9. The zero-order valence-corrected chi connectivity index (χ0v) is 17.8. The van der Waals surface area contributed by atoms with Crippen molar-refractivity contribution in [1.82, 2.24) is 15.2 Å². The Morgan fingerprint density at radius 1 is 1.19 bits per heavy atom. The molecule has 1 aromatic heterocycles. The summed E-state index contributed by atoms with van der Waals surface area (Å²) >= 11 is 1.51. The van der Waals surface area contributed by atoms with Gasteiger partial charge in [-0.1, -0.05) is 30.3 Å². The molecule has 0 bridgehead atoms. The Balaban J connectivity index is 0.00000182. The molecule has 5 nitrogen and oxygen atoms in total. The van der Waals surface area contributed by atoms with E-state index in [9.17, 15) is 4.79 Å². The molecule has 27 heavy (non-hydrogen) atoms. The lowest BCUT2D eigenvalue weighted by Gasteiger charge is -2.32. The maximum atomic E-state index is 12.3. The van der Waals surface area contributed by atoms with Crippen LogP contribution < -0.4 is 11.1 Å². The van der Waals surface area contributed by atoms with E-state index in [1.165, 1.54) is 16.9 Å². The number of hydrogen-bond acceptors (Lipinski definition) is 5. The third kappa shape index (κ3) is 7.39. The molecule has 0 radical (unpaired) electrons. The first-order valence-electron chi connectivity index (χ1n) is 8.96. The van der Waals surface area contributed by atoms with Gasteiger partial charge in [-0.2, -0.15) is 0 Å². The van der Waals surface area contributed by atoms with Gasteiger partial charge in [-0.15, -0.1) is 36.2 Å². The van der Waals surface area contributed by atoms with Crippen LogP contribution in [0.5, 0.6) is 0 Å². The van der Waals surface area contributed by atoms with Crippen LogP contribution in [0, 0.1) is 0 Å². The highest BCUT2D eigenvalue weighted by molar-refractivity contribution is 7.09. The molecule has 1 aliphatic heterocycles. The number of piperidine rings is 1. The van der Waals surface area contributed by atoms with E-state index >= 15 is 0 Å². The summed E-state index contributed by atoms with van der Waals surface area (Å²) in [5.74, 6) is -0.0535. The molecule has 0 atom stereocenters. The summed E-state index contributed by atoms with van der Waals surface area (Å²) in [5, 5.41) is 5.89. The Morgan fingerprint density at radius 2 is 1.89 bits per heavy atom. The summed E-state index contributed by atoms with van der Waals surface area (Å²) in [6.45, 7) is 3.72. The molecular formula is C19H28Cl2N4OS. The third-order valence-electron chi connectivity index (χ3n) is 4.62. The molecular weight excluding hydrogens is 403 g/mol. The molecule has 1 aliphatic rings. The van der Waals surface area contributed by atoms with Crippen LogP contribution in [0.1, 0.15) is 33.9 Å². The van der Waals surface area contributed by atoms with E-state index in [1.807, 2.05) is 5.38 Å². The van der Waals surface area contributed by atoms with Crippen molar-refractivity contribution in [3.63, 3.8) is 0 Å². The van der Waals surface area contributed by atoms with Crippen LogP contribution in [0.25, 0.3) is 0 Å². The van der Waals surface area contributed by atoms with Crippen LogP contribution in [0.15, 0.2) is 35.7 Å². The van der Waals surface area contributed by atoms with Crippen molar-refractivity contribution in [2.45, 2.75) is 31.7 Å². The Bertz CT molecular complexity index is 675. The SMILES string of the molecule is Cl.Cl.NCCc1nc(C(=O)NC2CCN(CCc3ccccc3)CC2)cs1. The second-order valence-corrected chi connectivity index (χ2v) is 7.43. The van der Waals surface area contributed by atoms with E-state index in [0.29, 0.717) is 12.2 Å². The zero-order valence-electron chi connectivity index (χ0n) is 15.3. The smallest absolute Gasteiger partial charge is 0.270 e. The number of nitrogens with one attached hydrogen (secondary N) is 1. The molecule has 1 saturated heterocycles. The highest BCUT2D eigenvalue weighted by atomic mass is 35.5. The normalized spacial score (nSPS) is 14.9. The maximum Gasteiger partial charge on any atom is 0.270 e. The molecule has 0 unspecified atom stereocenters. The number of likely N-dealkylation sites (tertiary alicyclic amines) is 1. The standard InChI is InChI=1S/C19H26N4OS.2ClH/c20-10-6-18-22-17(14-25-18)19(24)21-16-8-12-23(13-9-16)11-7-15-4-2-1-3-5-15;;/h1-5,14,16H,6-13,20H2,(H,21,24);2*1H. The molecule has 0 spiro atoms. The van der Waals surface area contributed by atoms with Gasteiger partial charge in [0.2, 0.25) is 0 Å². The van der Waals surface area contributed by atoms with Gasteiger partial charge in [0.15, 0.2) is 0 Å². The summed E-state index contributed by atoms with van der Waals surface area (Å²) in [6, 6.07) is 10.8. The number of carbonyl (C=O) groups is 1. The fourth-order valence-electron chi connectivity index (χ4n) is 3.15. The molecule has 1 amide bonds. The van der Waals surface area contributed by atoms with Crippen molar-refractivity contribution in [3.05, 3.63) is 52.0 Å². The van der Waals surface area contributed by atoms with Gasteiger partial charge in [-0.05, 0) is 31.4 Å². The summed E-state index contributed by atoms with van der Waals surface area (Å²) in [5.41, 5.74) is 7.44. The average molecular weight is 431 g/mol. The van der Waals surface area contributed by atoms with E-state index in [2.05, 4.69) is 45.5 Å². The number of aromatic nitrogens is 1. The predicted octanol–water partition coefficient (Wildman–Crippen LogP) is 2.92. The molecule has 2 heterocycles. The first-order valence-corrected chi connectivity index (χ1v) is 9.84. The number of benzene rings is 1. The van der Waals surface area contributed by atoms with Crippen molar-refractivity contribution < 1.29 is 4.79 Å². The van der Waals surface area contributed by atoms with Gasteiger partial charge in [0.05, 0.1) is 5.01 Å². The fraction of sp³-hybridized carbons (Fsp3) is 0.474. The van der Waals surface area contributed by atoms with Gasteiger partial charge in [-0.3, -0.25) is 4.79 Å². The van der Waals surface area contributed by atoms with Gasteiger partial charge in [0.1, 0.15) is 5.69 Å². The molecule has 1 aromatic carbocycles. The number of carbonyl (C=O) groups excluding carboxylic acids is 1. The molecule has 0 aliphatic carbocycles. The van der Waals surface area contributed by atoms with Gasteiger partial charge >= 0.3 is 0 Å². The number of amides is 1. The monoisotopic (exact) mass is 430 g/mol. The van der Waals surface area contributed by atoms with Crippen molar-refractivity contribution in [2.75, 3.05) is 26.2 Å². The molecule has 0 saturated carbocycles. The molecule has 8 heteroatoms. The summed E-state index contributed by atoms with van der Waals surface area (Å²) in [6.07, 6.45) is 3.82. The maximum absolute atomic E-state index is 12.3. The quantitative estimate of drug-likeness (QED) is 0.707. The van der Waals surface area contributed by atoms with Crippen LogP contribution in [-0.4, -0.2) is 48.0 Å². The Labute approximate surface area is 177 Å². The van der Waals surface area contributed by atoms with Crippen molar-refractivity contribution >= 4 is 42.1 Å². The van der Waals surface area contributed by atoms with Crippen LogP contribution in [0.2, 0.25) is 0 Å². The van der Waals surface area contributed by atoms with E-state index in [4.69, 9.17) is 5.73 Å². The lowest BCUT2D eigenvalue weighted by molar-refractivity contribution is 0.0907. The Kier molecular flexibility index (Phi) is 10.9. The number of halogens is 2. The fourth-order valence-corrected chi connectivity index (χ4v) is 3.94. The van der Waals surface area contributed by atoms with Crippen LogP contribution in [0.4, 0.5) is 0 Å². The minimum Gasteiger partial charge on any atom is -0.348 e. The van der Waals surface area contributed by atoms with E-state index in [-0.39, 0.29) is 36.8 Å². The van der Waals surface area contributed by atoms with E-state index < -0.39 is 0 Å². The van der Waals surface area contributed by atoms with Crippen molar-refractivity contribution in [3.8, 4) is 0 Å². The number of thiazole rings is 1. The lowest BCUT2D eigenvalue weighted by atomic mass is 10.0. The molecule has 3 rings (SSSR count). The molecule has 150 valence electrons. The van der Waals surface area contributed by atoms with Crippen molar-refractivity contribution in [1.29, 1.82) is 0 Å². The van der Waals surface area contributed by atoms with Crippen LogP contribution in [0.3, 0.4) is 0 Å². The Morgan fingerprint density at radius 3 is 2.56 bits per heavy atom. The number of nitrogens with two attached hydrogens (primary N) is 1. The second kappa shape index (κ2) is 12.3. The van der Waals surface area contributed by atoms with E-state index in [1.54, 1.807) is 0 Å². The highest BCUT2D eigenvalue weighted by Gasteiger charge is 2.21. The minimum atomic E-state index is -0.0535. The molecule has 2 aromatic rings. The van der Waals surface area contributed by atoms with Crippen molar-refractivity contribution in [2.24, 2.45) is 5.73 Å². The summed E-state index contributed by atoms with van der Waals surface area (Å²) < 4.78 is 0. The highest BCUT2D eigenvalue weighted by Crippen LogP contribution is 2.14. The predicted molar refractivity (Wildman–Crippen MR) is 116 cm³/mol. The third-order valence-corrected chi connectivity index (χ3v) is 5.53.